The Morgan fingerprint density at radius 2 is 2.16 bits per heavy atom. The quantitative estimate of drug-likeness (QED) is 0.361. The second-order valence-corrected chi connectivity index (χ2v) is 8.52. The number of thioether (sulfide) groups is 1. The van der Waals surface area contributed by atoms with E-state index in [4.69, 9.17) is 12.2 Å². The number of carbonyl (C=O) groups excluding carboxylic acids is 2. The molecule has 2 rings (SSSR count). The van der Waals surface area contributed by atoms with Crippen LogP contribution in [0.2, 0.25) is 0 Å². The molecule has 1 saturated heterocycles. The van der Waals surface area contributed by atoms with Crippen LogP contribution in [0, 0.1) is 0 Å². The van der Waals surface area contributed by atoms with Crippen LogP contribution in [0.4, 0.5) is 0 Å². The highest BCUT2D eigenvalue weighted by Crippen LogP contribution is 2.33. The van der Waals surface area contributed by atoms with Gasteiger partial charge >= 0.3 is 0 Å². The molecule has 25 heavy (non-hydrogen) atoms. The second kappa shape index (κ2) is 10.7. The molecule has 0 aliphatic carbocycles. The van der Waals surface area contributed by atoms with Gasteiger partial charge in [-0.25, -0.2) is 0 Å². The molecule has 1 fully saturated rings. The van der Waals surface area contributed by atoms with Crippen LogP contribution in [0.3, 0.4) is 0 Å². The lowest BCUT2D eigenvalue weighted by Crippen LogP contribution is -2.29. The lowest BCUT2D eigenvalue weighted by molar-refractivity contribution is -0.122. The SMILES string of the molecule is CCCCNC(=O)CCCCCN1C(=O)/C(=C/c2cccs2)SC1=S. The molecular formula is C18H24N2O2S3. The Morgan fingerprint density at radius 1 is 1.32 bits per heavy atom. The summed E-state index contributed by atoms with van der Waals surface area (Å²) in [5.74, 6) is 0.124. The van der Waals surface area contributed by atoms with Crippen molar-refractivity contribution in [2.24, 2.45) is 0 Å². The molecule has 0 radical (unpaired) electrons. The first-order valence-electron chi connectivity index (χ1n) is 8.67. The van der Waals surface area contributed by atoms with Crippen LogP contribution in [-0.4, -0.2) is 34.1 Å². The van der Waals surface area contributed by atoms with Crippen molar-refractivity contribution < 1.29 is 9.59 Å². The van der Waals surface area contributed by atoms with E-state index < -0.39 is 0 Å². The Bertz CT molecular complexity index is 626. The number of thiocarbonyl (C=S) groups is 1. The first kappa shape index (κ1) is 20.1. The highest BCUT2D eigenvalue weighted by atomic mass is 32.2. The average molecular weight is 397 g/mol. The fraction of sp³-hybridized carbons (Fsp3) is 0.500. The summed E-state index contributed by atoms with van der Waals surface area (Å²) in [6.45, 7) is 3.50. The van der Waals surface area contributed by atoms with Gasteiger partial charge in [0.1, 0.15) is 4.32 Å². The van der Waals surface area contributed by atoms with Gasteiger partial charge in [-0.05, 0) is 36.8 Å². The maximum Gasteiger partial charge on any atom is 0.266 e. The summed E-state index contributed by atoms with van der Waals surface area (Å²) >= 11 is 8.31. The number of nitrogens with zero attached hydrogens (tertiary/aromatic N) is 1. The minimum atomic E-state index is 0.000656. The number of thiophene rings is 1. The number of carbonyl (C=O) groups is 2. The third kappa shape index (κ3) is 6.56. The molecule has 0 spiro atoms. The third-order valence-electron chi connectivity index (χ3n) is 3.83. The van der Waals surface area contributed by atoms with Crippen LogP contribution < -0.4 is 5.32 Å². The van der Waals surface area contributed by atoms with E-state index in [-0.39, 0.29) is 11.8 Å². The largest absolute Gasteiger partial charge is 0.356 e. The van der Waals surface area contributed by atoms with E-state index in [0.29, 0.717) is 22.2 Å². The monoisotopic (exact) mass is 396 g/mol. The van der Waals surface area contributed by atoms with E-state index in [1.54, 1.807) is 16.2 Å². The Balaban J connectivity index is 1.68. The summed E-state index contributed by atoms with van der Waals surface area (Å²) in [6.07, 6.45) is 7.20. The zero-order valence-electron chi connectivity index (χ0n) is 14.5. The highest BCUT2D eigenvalue weighted by molar-refractivity contribution is 8.26. The van der Waals surface area contributed by atoms with Crippen LogP contribution in [0.15, 0.2) is 22.4 Å². The summed E-state index contributed by atoms with van der Waals surface area (Å²) in [4.78, 5) is 27.5. The second-order valence-electron chi connectivity index (χ2n) is 5.86. The molecule has 136 valence electrons. The molecule has 1 aromatic rings. The van der Waals surface area contributed by atoms with E-state index >= 15 is 0 Å². The van der Waals surface area contributed by atoms with Crippen molar-refractivity contribution >= 4 is 57.5 Å². The molecule has 1 aliphatic rings. The normalized spacial score (nSPS) is 16.0. The fourth-order valence-electron chi connectivity index (χ4n) is 2.42. The van der Waals surface area contributed by atoms with Gasteiger partial charge in [0.05, 0.1) is 4.91 Å². The van der Waals surface area contributed by atoms with Crippen LogP contribution in [-0.2, 0) is 9.59 Å². The molecule has 1 N–H and O–H groups in total. The topological polar surface area (TPSA) is 49.4 Å². The molecule has 7 heteroatoms. The first-order valence-corrected chi connectivity index (χ1v) is 10.8. The van der Waals surface area contributed by atoms with Crippen molar-refractivity contribution in [1.82, 2.24) is 10.2 Å². The predicted molar refractivity (Wildman–Crippen MR) is 111 cm³/mol. The molecule has 1 aliphatic heterocycles. The standard InChI is InChI=1S/C18H24N2O2S3/c1-2-3-10-19-16(21)9-5-4-6-11-20-17(22)15(25-18(20)23)13-14-8-7-12-24-14/h7-8,12-13H,2-6,9-11H2,1H3,(H,19,21)/b15-13-. The van der Waals surface area contributed by atoms with Crippen LogP contribution >= 0.6 is 35.3 Å². The maximum atomic E-state index is 12.5. The molecule has 0 bridgehead atoms. The zero-order valence-corrected chi connectivity index (χ0v) is 16.9. The zero-order chi connectivity index (χ0) is 18.1. The van der Waals surface area contributed by atoms with Crippen LogP contribution in [0.5, 0.6) is 0 Å². The van der Waals surface area contributed by atoms with Gasteiger partial charge in [0.15, 0.2) is 0 Å². The number of rotatable bonds is 10. The van der Waals surface area contributed by atoms with Crippen molar-refractivity contribution in [3.8, 4) is 0 Å². The van der Waals surface area contributed by atoms with E-state index in [9.17, 15) is 9.59 Å². The summed E-state index contributed by atoms with van der Waals surface area (Å²) in [5, 5.41) is 4.91. The van der Waals surface area contributed by atoms with Crippen molar-refractivity contribution in [1.29, 1.82) is 0 Å². The summed E-state index contributed by atoms with van der Waals surface area (Å²) in [5.41, 5.74) is 0. The Hall–Kier alpha value is -1.18. The Labute approximate surface area is 163 Å². The van der Waals surface area contributed by atoms with Gasteiger partial charge < -0.3 is 5.32 Å². The predicted octanol–water partition coefficient (Wildman–Crippen LogP) is 4.43. The Kier molecular flexibility index (Phi) is 8.64. The van der Waals surface area contributed by atoms with Crippen molar-refractivity contribution in [3.63, 3.8) is 0 Å². The molecule has 4 nitrogen and oxygen atoms in total. The molecule has 0 unspecified atom stereocenters. The minimum Gasteiger partial charge on any atom is -0.356 e. The lowest BCUT2D eigenvalue weighted by atomic mass is 10.2. The van der Waals surface area contributed by atoms with Gasteiger partial charge in [0.2, 0.25) is 5.91 Å². The van der Waals surface area contributed by atoms with Gasteiger partial charge in [0.25, 0.3) is 5.91 Å². The molecule has 1 aromatic heterocycles. The molecule has 0 atom stereocenters. The van der Waals surface area contributed by atoms with Gasteiger partial charge in [0, 0.05) is 24.4 Å². The van der Waals surface area contributed by atoms with Crippen molar-refractivity contribution in [2.45, 2.75) is 45.4 Å². The molecule has 2 heterocycles. The van der Waals surface area contributed by atoms with Crippen LogP contribution in [0.1, 0.15) is 50.3 Å². The number of unbranched alkanes of at least 4 members (excludes halogenated alkanes) is 3. The maximum absolute atomic E-state index is 12.5. The Morgan fingerprint density at radius 3 is 2.88 bits per heavy atom. The third-order valence-corrected chi connectivity index (χ3v) is 6.03. The molecular weight excluding hydrogens is 372 g/mol. The van der Waals surface area contributed by atoms with E-state index in [0.717, 1.165) is 43.5 Å². The highest BCUT2D eigenvalue weighted by Gasteiger charge is 2.31. The number of hydrogen-bond donors (Lipinski definition) is 1. The molecule has 0 aromatic carbocycles. The molecule has 0 saturated carbocycles. The minimum absolute atomic E-state index is 0.000656. The molecule has 2 amide bonds. The summed E-state index contributed by atoms with van der Waals surface area (Å²) in [7, 11) is 0. The van der Waals surface area contributed by atoms with Gasteiger partial charge in [-0.3, -0.25) is 14.5 Å². The van der Waals surface area contributed by atoms with E-state index in [1.165, 1.54) is 11.8 Å². The summed E-state index contributed by atoms with van der Waals surface area (Å²) < 4.78 is 0.630. The lowest BCUT2D eigenvalue weighted by Gasteiger charge is -2.14. The fourth-order valence-corrected chi connectivity index (χ4v) is 4.45. The first-order chi connectivity index (χ1) is 12.1. The van der Waals surface area contributed by atoms with Crippen LogP contribution in [0.25, 0.3) is 6.08 Å². The number of hydrogen-bond acceptors (Lipinski definition) is 5. The van der Waals surface area contributed by atoms with E-state index in [2.05, 4.69) is 12.2 Å². The number of nitrogens with one attached hydrogen (secondary N) is 1. The van der Waals surface area contributed by atoms with Crippen molar-refractivity contribution in [2.75, 3.05) is 13.1 Å². The number of amides is 2. The smallest absolute Gasteiger partial charge is 0.266 e. The van der Waals surface area contributed by atoms with Gasteiger partial charge in [-0.2, -0.15) is 0 Å². The van der Waals surface area contributed by atoms with Gasteiger partial charge in [-0.15, -0.1) is 11.3 Å². The van der Waals surface area contributed by atoms with E-state index in [1.807, 2.05) is 23.6 Å². The average Bonchev–Trinajstić information content (AvgIpc) is 3.18. The van der Waals surface area contributed by atoms with Crippen molar-refractivity contribution in [3.05, 3.63) is 27.3 Å². The summed E-state index contributed by atoms with van der Waals surface area (Å²) in [6, 6.07) is 3.96. The van der Waals surface area contributed by atoms with Gasteiger partial charge in [-0.1, -0.05) is 49.8 Å².